The molecule has 1 aliphatic rings. The van der Waals surface area contributed by atoms with Crippen LogP contribution in [0.1, 0.15) is 25.3 Å². The van der Waals surface area contributed by atoms with Gasteiger partial charge in [-0.15, -0.1) is 0 Å². The number of ether oxygens (including phenoxy) is 2. The highest BCUT2D eigenvalue weighted by Crippen LogP contribution is 2.25. The Labute approximate surface area is 159 Å². The largest absolute Gasteiger partial charge is 0.466 e. The second-order valence-corrected chi connectivity index (χ2v) is 6.97. The van der Waals surface area contributed by atoms with E-state index in [9.17, 15) is 4.79 Å². The lowest BCUT2D eigenvalue weighted by molar-refractivity contribution is -0.150. The third-order valence-electron chi connectivity index (χ3n) is 4.48. The first-order chi connectivity index (χ1) is 12.6. The molecular weight excluding hydrogens is 350 g/mol. The van der Waals surface area contributed by atoms with E-state index in [4.69, 9.17) is 21.1 Å². The van der Waals surface area contributed by atoms with Crippen molar-refractivity contribution in [3.8, 4) is 11.5 Å². The van der Waals surface area contributed by atoms with Crippen LogP contribution in [-0.4, -0.2) is 30.6 Å². The minimum atomic E-state index is -0.0722. The lowest BCUT2D eigenvalue weighted by Gasteiger charge is -2.31. The van der Waals surface area contributed by atoms with Gasteiger partial charge in [0.25, 0.3) is 0 Å². The van der Waals surface area contributed by atoms with E-state index in [0.29, 0.717) is 11.6 Å². The number of carbonyl (C=O) groups excluding carboxylic acids is 1. The molecule has 0 radical (unpaired) electrons. The molecule has 2 aromatic carbocycles. The predicted molar refractivity (Wildman–Crippen MR) is 103 cm³/mol. The summed E-state index contributed by atoms with van der Waals surface area (Å²) in [5, 5.41) is 0.687. The number of piperidine rings is 1. The van der Waals surface area contributed by atoms with E-state index < -0.39 is 0 Å². The zero-order valence-corrected chi connectivity index (χ0v) is 15.7. The number of nitrogens with zero attached hydrogens (tertiary/aromatic N) is 1. The average Bonchev–Trinajstić information content (AvgIpc) is 2.64. The van der Waals surface area contributed by atoms with Crippen LogP contribution in [0.3, 0.4) is 0 Å². The van der Waals surface area contributed by atoms with Gasteiger partial charge in [0.15, 0.2) is 0 Å². The molecule has 0 spiro atoms. The normalized spacial score (nSPS) is 17.7. The van der Waals surface area contributed by atoms with E-state index in [1.807, 2.05) is 49.4 Å². The molecule has 138 valence electrons. The van der Waals surface area contributed by atoms with E-state index in [2.05, 4.69) is 11.0 Å². The first-order valence-electron chi connectivity index (χ1n) is 9.05. The first-order valence-corrected chi connectivity index (χ1v) is 9.43. The molecule has 0 saturated carbocycles. The average molecular weight is 374 g/mol. The van der Waals surface area contributed by atoms with E-state index in [0.717, 1.165) is 44.0 Å². The summed E-state index contributed by atoms with van der Waals surface area (Å²) in [6.07, 6.45) is 1.93. The SMILES string of the molecule is CCOC(=O)C1CCCN(Cc2cccc(Oc3ccc(Cl)cc3)c2)C1. The second-order valence-electron chi connectivity index (χ2n) is 6.53. The van der Waals surface area contributed by atoms with Crippen LogP contribution < -0.4 is 4.74 Å². The van der Waals surface area contributed by atoms with Crippen molar-refractivity contribution in [1.29, 1.82) is 0 Å². The van der Waals surface area contributed by atoms with Gasteiger partial charge in [-0.05, 0) is 68.3 Å². The van der Waals surface area contributed by atoms with Crippen LogP contribution >= 0.6 is 11.6 Å². The van der Waals surface area contributed by atoms with Gasteiger partial charge in [0.1, 0.15) is 11.5 Å². The van der Waals surface area contributed by atoms with Gasteiger partial charge in [-0.1, -0.05) is 23.7 Å². The van der Waals surface area contributed by atoms with Crippen molar-refractivity contribution in [2.24, 2.45) is 5.92 Å². The van der Waals surface area contributed by atoms with Crippen molar-refractivity contribution in [3.05, 3.63) is 59.1 Å². The number of likely N-dealkylation sites (tertiary alicyclic amines) is 1. The Kier molecular flexibility index (Phi) is 6.53. The third-order valence-corrected chi connectivity index (χ3v) is 4.73. The predicted octanol–water partition coefficient (Wildman–Crippen LogP) is 4.91. The molecule has 26 heavy (non-hydrogen) atoms. The van der Waals surface area contributed by atoms with Crippen LogP contribution in [0.25, 0.3) is 0 Å². The van der Waals surface area contributed by atoms with Crippen molar-refractivity contribution >= 4 is 17.6 Å². The summed E-state index contributed by atoms with van der Waals surface area (Å²) in [6, 6.07) is 15.4. The van der Waals surface area contributed by atoms with E-state index in [1.165, 1.54) is 5.56 Å². The van der Waals surface area contributed by atoms with Crippen LogP contribution in [0.4, 0.5) is 0 Å². The van der Waals surface area contributed by atoms with E-state index in [1.54, 1.807) is 0 Å². The Hall–Kier alpha value is -2.04. The van der Waals surface area contributed by atoms with Crippen molar-refractivity contribution in [2.75, 3.05) is 19.7 Å². The lowest BCUT2D eigenvalue weighted by Crippen LogP contribution is -2.38. The van der Waals surface area contributed by atoms with Crippen LogP contribution in [0.2, 0.25) is 5.02 Å². The molecule has 1 heterocycles. The molecule has 2 aromatic rings. The number of esters is 1. The fraction of sp³-hybridized carbons (Fsp3) is 0.381. The summed E-state index contributed by atoms with van der Waals surface area (Å²) in [6.45, 7) is 4.84. The highest BCUT2D eigenvalue weighted by atomic mass is 35.5. The molecule has 1 aliphatic heterocycles. The van der Waals surface area contributed by atoms with Gasteiger partial charge in [0.2, 0.25) is 0 Å². The van der Waals surface area contributed by atoms with Crippen molar-refractivity contribution in [3.63, 3.8) is 0 Å². The van der Waals surface area contributed by atoms with Gasteiger partial charge in [0.05, 0.1) is 12.5 Å². The number of benzene rings is 2. The molecule has 1 unspecified atom stereocenters. The van der Waals surface area contributed by atoms with Gasteiger partial charge < -0.3 is 9.47 Å². The third kappa shape index (κ3) is 5.23. The quantitative estimate of drug-likeness (QED) is 0.674. The Bertz CT molecular complexity index is 732. The topological polar surface area (TPSA) is 38.8 Å². The monoisotopic (exact) mass is 373 g/mol. The Morgan fingerprint density at radius 2 is 2.00 bits per heavy atom. The fourth-order valence-corrected chi connectivity index (χ4v) is 3.38. The molecule has 0 bridgehead atoms. The maximum atomic E-state index is 12.0. The molecule has 0 aliphatic carbocycles. The summed E-state index contributed by atoms with van der Waals surface area (Å²) >= 11 is 5.91. The number of halogens is 1. The highest BCUT2D eigenvalue weighted by molar-refractivity contribution is 6.30. The van der Waals surface area contributed by atoms with Crippen molar-refractivity contribution in [2.45, 2.75) is 26.3 Å². The second kappa shape index (κ2) is 9.06. The highest BCUT2D eigenvalue weighted by Gasteiger charge is 2.26. The Balaban J connectivity index is 1.61. The van der Waals surface area contributed by atoms with Gasteiger partial charge in [-0.25, -0.2) is 0 Å². The maximum absolute atomic E-state index is 12.0. The first kappa shape index (κ1) is 18.7. The van der Waals surface area contributed by atoms with Crippen LogP contribution in [0.15, 0.2) is 48.5 Å². The standard InChI is InChI=1S/C21H24ClNO3/c1-2-25-21(24)17-6-4-12-23(15-17)14-16-5-3-7-20(13-16)26-19-10-8-18(22)9-11-19/h3,5,7-11,13,17H,2,4,6,12,14-15H2,1H3. The van der Waals surface area contributed by atoms with Crippen LogP contribution in [0.5, 0.6) is 11.5 Å². The molecule has 3 rings (SSSR count). The zero-order valence-electron chi connectivity index (χ0n) is 15.0. The van der Waals surface area contributed by atoms with Gasteiger partial charge >= 0.3 is 5.97 Å². The molecule has 1 saturated heterocycles. The molecule has 5 heteroatoms. The molecule has 0 aromatic heterocycles. The van der Waals surface area contributed by atoms with Crippen LogP contribution in [-0.2, 0) is 16.1 Å². The minimum absolute atomic E-state index is 0.0165. The summed E-state index contributed by atoms with van der Waals surface area (Å²) in [5.74, 6) is 1.46. The van der Waals surface area contributed by atoms with Crippen molar-refractivity contribution in [1.82, 2.24) is 4.90 Å². The number of hydrogen-bond acceptors (Lipinski definition) is 4. The fourth-order valence-electron chi connectivity index (χ4n) is 3.26. The number of carbonyl (C=O) groups is 1. The summed E-state index contributed by atoms with van der Waals surface area (Å²) < 4.78 is 11.1. The number of hydrogen-bond donors (Lipinski definition) is 0. The minimum Gasteiger partial charge on any atom is -0.466 e. The van der Waals surface area contributed by atoms with Crippen molar-refractivity contribution < 1.29 is 14.3 Å². The van der Waals surface area contributed by atoms with E-state index >= 15 is 0 Å². The molecule has 4 nitrogen and oxygen atoms in total. The molecule has 1 atom stereocenters. The summed E-state index contributed by atoms with van der Waals surface area (Å²) in [7, 11) is 0. The molecule has 1 fully saturated rings. The molecule has 0 amide bonds. The summed E-state index contributed by atoms with van der Waals surface area (Å²) in [4.78, 5) is 14.3. The van der Waals surface area contributed by atoms with Crippen LogP contribution in [0, 0.1) is 5.92 Å². The Morgan fingerprint density at radius 3 is 2.77 bits per heavy atom. The van der Waals surface area contributed by atoms with Gasteiger partial charge in [-0.3, -0.25) is 9.69 Å². The molecule has 0 N–H and O–H groups in total. The summed E-state index contributed by atoms with van der Waals surface area (Å²) in [5.41, 5.74) is 1.17. The van der Waals surface area contributed by atoms with Gasteiger partial charge in [0, 0.05) is 18.1 Å². The molecular formula is C21H24ClNO3. The number of rotatable bonds is 6. The zero-order chi connectivity index (χ0) is 18.4. The lowest BCUT2D eigenvalue weighted by atomic mass is 9.97. The van der Waals surface area contributed by atoms with E-state index in [-0.39, 0.29) is 11.9 Å². The van der Waals surface area contributed by atoms with Gasteiger partial charge in [-0.2, -0.15) is 0 Å². The maximum Gasteiger partial charge on any atom is 0.310 e. The smallest absolute Gasteiger partial charge is 0.310 e. The Morgan fingerprint density at radius 1 is 1.19 bits per heavy atom.